The number of hydrogen-bond donors (Lipinski definition) is 1. The monoisotopic (exact) mass is 355 g/mol. The van der Waals surface area contributed by atoms with E-state index in [2.05, 4.69) is 11.9 Å². The van der Waals surface area contributed by atoms with Gasteiger partial charge in [-0.25, -0.2) is 0 Å². The summed E-state index contributed by atoms with van der Waals surface area (Å²) in [5, 5.41) is 2.67. The third-order valence-electron chi connectivity index (χ3n) is 4.95. The van der Waals surface area contributed by atoms with Crippen molar-refractivity contribution in [1.29, 1.82) is 0 Å². The molecule has 26 heavy (non-hydrogen) atoms. The number of rotatable bonds is 4. The van der Waals surface area contributed by atoms with E-state index in [-0.39, 0.29) is 23.6 Å². The summed E-state index contributed by atoms with van der Waals surface area (Å²) in [7, 11) is 0. The standard InChI is InChI=1S/C20H25N3O3/c1-4-17(24)21-16-7-5-6-15(12-16)19(26)23-11-10-22(13-20(23,2)3)18(25)14-8-9-14/h4-7,12,14H,1,8-11,13H2,2-3H3,(H,21,24). The van der Waals surface area contributed by atoms with E-state index < -0.39 is 5.54 Å². The molecular formula is C20H25N3O3. The van der Waals surface area contributed by atoms with Crippen LogP contribution in [0.1, 0.15) is 37.0 Å². The predicted octanol–water partition coefficient (Wildman–Crippen LogP) is 2.28. The van der Waals surface area contributed by atoms with Crippen molar-refractivity contribution in [2.24, 2.45) is 5.92 Å². The fourth-order valence-electron chi connectivity index (χ4n) is 3.39. The van der Waals surface area contributed by atoms with Crippen LogP contribution in [0.4, 0.5) is 5.69 Å². The molecule has 3 rings (SSSR count). The van der Waals surface area contributed by atoms with E-state index in [4.69, 9.17) is 0 Å². The molecule has 1 saturated carbocycles. The molecule has 138 valence electrons. The fourth-order valence-corrected chi connectivity index (χ4v) is 3.39. The first-order valence-electron chi connectivity index (χ1n) is 8.96. The number of nitrogens with zero attached hydrogens (tertiary/aromatic N) is 2. The van der Waals surface area contributed by atoms with Gasteiger partial charge in [0.2, 0.25) is 11.8 Å². The topological polar surface area (TPSA) is 69.7 Å². The molecule has 1 aromatic carbocycles. The van der Waals surface area contributed by atoms with Crippen LogP contribution in [0.25, 0.3) is 0 Å². The Morgan fingerprint density at radius 2 is 1.96 bits per heavy atom. The highest BCUT2D eigenvalue weighted by atomic mass is 16.2. The molecule has 1 N–H and O–H groups in total. The average Bonchev–Trinajstić information content (AvgIpc) is 3.45. The van der Waals surface area contributed by atoms with Crippen LogP contribution in [-0.2, 0) is 9.59 Å². The highest BCUT2D eigenvalue weighted by Crippen LogP contribution is 2.33. The van der Waals surface area contributed by atoms with Gasteiger partial charge in [-0.1, -0.05) is 12.6 Å². The summed E-state index contributed by atoms with van der Waals surface area (Å²) in [5.41, 5.74) is 0.628. The van der Waals surface area contributed by atoms with Gasteiger partial charge in [0, 0.05) is 36.8 Å². The summed E-state index contributed by atoms with van der Waals surface area (Å²) >= 11 is 0. The van der Waals surface area contributed by atoms with Crippen LogP contribution in [0.2, 0.25) is 0 Å². The maximum absolute atomic E-state index is 13.0. The van der Waals surface area contributed by atoms with Gasteiger partial charge in [-0.2, -0.15) is 0 Å². The second-order valence-electron chi connectivity index (χ2n) is 7.58. The molecule has 1 aliphatic carbocycles. The number of nitrogens with one attached hydrogen (secondary N) is 1. The van der Waals surface area contributed by atoms with Gasteiger partial charge in [0.15, 0.2) is 0 Å². The van der Waals surface area contributed by atoms with Crippen LogP contribution in [0.3, 0.4) is 0 Å². The minimum atomic E-state index is -0.444. The van der Waals surface area contributed by atoms with Crippen LogP contribution in [-0.4, -0.2) is 52.7 Å². The SMILES string of the molecule is C=CC(=O)Nc1cccc(C(=O)N2CCN(C(=O)C3CC3)CC2(C)C)c1. The van der Waals surface area contributed by atoms with Crippen molar-refractivity contribution in [3.63, 3.8) is 0 Å². The molecule has 0 unspecified atom stereocenters. The predicted molar refractivity (Wildman–Crippen MR) is 99.7 cm³/mol. The second kappa shape index (κ2) is 6.94. The molecule has 0 spiro atoms. The van der Waals surface area contributed by atoms with E-state index in [1.165, 1.54) is 6.08 Å². The Morgan fingerprint density at radius 1 is 1.23 bits per heavy atom. The number of hydrogen-bond acceptors (Lipinski definition) is 3. The quantitative estimate of drug-likeness (QED) is 0.843. The van der Waals surface area contributed by atoms with Crippen molar-refractivity contribution in [3.8, 4) is 0 Å². The molecule has 3 amide bonds. The van der Waals surface area contributed by atoms with Crippen LogP contribution < -0.4 is 5.32 Å². The average molecular weight is 355 g/mol. The van der Waals surface area contributed by atoms with E-state index in [1.54, 1.807) is 24.3 Å². The van der Waals surface area contributed by atoms with E-state index in [0.29, 0.717) is 30.9 Å². The third kappa shape index (κ3) is 3.79. The first-order valence-corrected chi connectivity index (χ1v) is 8.96. The van der Waals surface area contributed by atoms with Gasteiger partial charge >= 0.3 is 0 Å². The maximum Gasteiger partial charge on any atom is 0.254 e. The van der Waals surface area contributed by atoms with E-state index in [1.807, 2.05) is 23.6 Å². The summed E-state index contributed by atoms with van der Waals surface area (Å²) in [6.07, 6.45) is 3.16. The third-order valence-corrected chi connectivity index (χ3v) is 4.95. The van der Waals surface area contributed by atoms with E-state index >= 15 is 0 Å². The molecule has 2 fully saturated rings. The van der Waals surface area contributed by atoms with Gasteiger partial charge < -0.3 is 15.1 Å². The second-order valence-corrected chi connectivity index (χ2v) is 7.58. The Bertz CT molecular complexity index is 752. The van der Waals surface area contributed by atoms with Crippen molar-refractivity contribution >= 4 is 23.4 Å². The summed E-state index contributed by atoms with van der Waals surface area (Å²) in [4.78, 5) is 40.6. The zero-order valence-corrected chi connectivity index (χ0v) is 15.3. The molecule has 2 aliphatic rings. The molecular weight excluding hydrogens is 330 g/mol. The van der Waals surface area contributed by atoms with Crippen LogP contribution in [0.5, 0.6) is 0 Å². The maximum atomic E-state index is 13.0. The molecule has 0 bridgehead atoms. The Labute approximate surface area is 153 Å². The number of carbonyl (C=O) groups excluding carboxylic acids is 3. The summed E-state index contributed by atoms with van der Waals surface area (Å²) in [6.45, 7) is 9.02. The normalized spacial score (nSPS) is 19.0. The number of piperazine rings is 1. The van der Waals surface area contributed by atoms with Crippen molar-refractivity contribution in [3.05, 3.63) is 42.5 Å². The van der Waals surface area contributed by atoms with Gasteiger partial charge in [0.25, 0.3) is 5.91 Å². The zero-order chi connectivity index (χ0) is 18.9. The van der Waals surface area contributed by atoms with Crippen molar-refractivity contribution in [1.82, 2.24) is 9.80 Å². The number of amides is 3. The highest BCUT2D eigenvalue weighted by Gasteiger charge is 2.42. The molecule has 6 heteroatoms. The Hall–Kier alpha value is -2.63. The van der Waals surface area contributed by atoms with Gasteiger partial charge in [-0.05, 0) is 51.0 Å². The van der Waals surface area contributed by atoms with Crippen LogP contribution in [0, 0.1) is 5.92 Å². The molecule has 1 aliphatic heterocycles. The lowest BCUT2D eigenvalue weighted by molar-refractivity contribution is -0.136. The molecule has 1 saturated heterocycles. The smallest absolute Gasteiger partial charge is 0.254 e. The highest BCUT2D eigenvalue weighted by molar-refractivity contribution is 6.01. The molecule has 1 aromatic rings. The fraction of sp³-hybridized carbons (Fsp3) is 0.450. The molecule has 0 radical (unpaired) electrons. The lowest BCUT2D eigenvalue weighted by Gasteiger charge is -2.47. The molecule has 6 nitrogen and oxygen atoms in total. The number of anilines is 1. The van der Waals surface area contributed by atoms with Crippen molar-refractivity contribution < 1.29 is 14.4 Å². The summed E-state index contributed by atoms with van der Waals surface area (Å²) in [5.74, 6) is 0.00266. The van der Waals surface area contributed by atoms with Crippen LogP contribution in [0.15, 0.2) is 36.9 Å². The Kier molecular flexibility index (Phi) is 4.85. The number of benzene rings is 1. The van der Waals surface area contributed by atoms with Gasteiger partial charge in [0.1, 0.15) is 0 Å². The minimum Gasteiger partial charge on any atom is -0.338 e. The largest absolute Gasteiger partial charge is 0.338 e. The zero-order valence-electron chi connectivity index (χ0n) is 15.3. The van der Waals surface area contributed by atoms with E-state index in [9.17, 15) is 14.4 Å². The number of carbonyl (C=O) groups is 3. The summed E-state index contributed by atoms with van der Waals surface area (Å²) in [6, 6.07) is 6.88. The van der Waals surface area contributed by atoms with Gasteiger partial charge in [-0.15, -0.1) is 0 Å². The van der Waals surface area contributed by atoms with Gasteiger partial charge in [0.05, 0.1) is 5.54 Å². The minimum absolute atomic E-state index is 0.0942. The van der Waals surface area contributed by atoms with E-state index in [0.717, 1.165) is 12.8 Å². The lowest BCUT2D eigenvalue weighted by atomic mass is 9.96. The van der Waals surface area contributed by atoms with Crippen molar-refractivity contribution in [2.75, 3.05) is 25.0 Å². The van der Waals surface area contributed by atoms with Gasteiger partial charge in [-0.3, -0.25) is 14.4 Å². The Morgan fingerprint density at radius 3 is 2.58 bits per heavy atom. The van der Waals surface area contributed by atoms with Crippen LogP contribution >= 0.6 is 0 Å². The molecule has 0 atom stereocenters. The first-order chi connectivity index (χ1) is 12.3. The lowest BCUT2D eigenvalue weighted by Crippen LogP contribution is -2.62. The van der Waals surface area contributed by atoms with Crippen molar-refractivity contribution in [2.45, 2.75) is 32.2 Å². The first kappa shape index (κ1) is 18.2. The summed E-state index contributed by atoms with van der Waals surface area (Å²) < 4.78 is 0. The molecule has 0 aromatic heterocycles. The Balaban J connectivity index is 1.73. The molecule has 1 heterocycles.